The largest absolute Gasteiger partial charge is 0.487 e. The highest BCUT2D eigenvalue weighted by molar-refractivity contribution is 6.30. The summed E-state index contributed by atoms with van der Waals surface area (Å²) in [4.78, 5) is 19.5. The molecule has 3 heterocycles. The highest BCUT2D eigenvalue weighted by Crippen LogP contribution is 2.28. The average Bonchev–Trinajstić information content (AvgIpc) is 3.31. The standard InChI is InChI=1S/C27H29ClN4O2/c28-23-4-5-24(30-15-23)18-34-26-8-10-32(27(33)13-26)25-6-3-21-11-19(1-2-22(21)12-25)16-31-9-7-20(14-29)17-31/h1-2,4-5,8,10-13,15,20H,3,6-7,9,14,16-18,29H2/t20-/m0/s1. The van der Waals surface area contributed by atoms with Crippen LogP contribution in [-0.4, -0.2) is 34.1 Å². The summed E-state index contributed by atoms with van der Waals surface area (Å²) in [5.74, 6) is 1.16. The second kappa shape index (κ2) is 10.1. The van der Waals surface area contributed by atoms with Gasteiger partial charge in [-0.15, -0.1) is 0 Å². The van der Waals surface area contributed by atoms with Gasteiger partial charge in [0.25, 0.3) is 5.56 Å². The van der Waals surface area contributed by atoms with Crippen molar-refractivity contribution < 1.29 is 4.74 Å². The fourth-order valence-corrected chi connectivity index (χ4v) is 4.87. The fourth-order valence-electron chi connectivity index (χ4n) is 4.76. The molecule has 1 atom stereocenters. The highest BCUT2D eigenvalue weighted by atomic mass is 35.5. The zero-order valence-corrected chi connectivity index (χ0v) is 19.9. The summed E-state index contributed by atoms with van der Waals surface area (Å²) in [6.45, 7) is 4.26. The van der Waals surface area contributed by atoms with Crippen LogP contribution in [0.2, 0.25) is 5.02 Å². The average molecular weight is 477 g/mol. The van der Waals surface area contributed by atoms with Crippen LogP contribution in [0.15, 0.2) is 59.7 Å². The van der Waals surface area contributed by atoms with Crippen molar-refractivity contribution in [2.24, 2.45) is 11.7 Å². The van der Waals surface area contributed by atoms with Crippen LogP contribution in [0, 0.1) is 5.92 Å². The number of aryl methyl sites for hydroxylation is 1. The molecular weight excluding hydrogens is 448 g/mol. The van der Waals surface area contributed by atoms with Gasteiger partial charge in [-0.05, 0) is 79.2 Å². The van der Waals surface area contributed by atoms with Crippen LogP contribution in [0.25, 0.3) is 11.8 Å². The summed E-state index contributed by atoms with van der Waals surface area (Å²) in [5, 5.41) is 0.581. The molecule has 1 saturated heterocycles. The Bertz CT molecular complexity index is 1250. The van der Waals surface area contributed by atoms with Gasteiger partial charge in [-0.1, -0.05) is 29.8 Å². The molecule has 5 rings (SSSR count). The number of hydrogen-bond acceptors (Lipinski definition) is 5. The Labute approximate surface area is 204 Å². The van der Waals surface area contributed by atoms with Crippen molar-refractivity contribution in [1.29, 1.82) is 0 Å². The lowest BCUT2D eigenvalue weighted by Crippen LogP contribution is -2.23. The van der Waals surface area contributed by atoms with E-state index in [1.807, 2.05) is 6.07 Å². The normalized spacial score (nSPS) is 17.9. The van der Waals surface area contributed by atoms with Crippen LogP contribution in [0.4, 0.5) is 0 Å². The maximum atomic E-state index is 12.8. The summed E-state index contributed by atoms with van der Waals surface area (Å²) < 4.78 is 7.45. The molecule has 0 saturated carbocycles. The maximum absolute atomic E-state index is 12.8. The molecule has 0 unspecified atom stereocenters. The number of halogens is 1. The molecular formula is C27H29ClN4O2. The van der Waals surface area contributed by atoms with Crippen molar-refractivity contribution >= 4 is 23.4 Å². The number of allylic oxidation sites excluding steroid dienone is 1. The summed E-state index contributed by atoms with van der Waals surface area (Å²) in [6.07, 6.45) is 8.45. The van der Waals surface area contributed by atoms with Gasteiger partial charge < -0.3 is 10.5 Å². The van der Waals surface area contributed by atoms with E-state index in [1.54, 1.807) is 29.1 Å². The van der Waals surface area contributed by atoms with Gasteiger partial charge in [-0.3, -0.25) is 19.2 Å². The van der Waals surface area contributed by atoms with Gasteiger partial charge in [0.05, 0.1) is 10.7 Å². The smallest absolute Gasteiger partial charge is 0.258 e. The number of ether oxygens (including phenoxy) is 1. The van der Waals surface area contributed by atoms with E-state index in [9.17, 15) is 4.79 Å². The molecule has 1 aliphatic carbocycles. The Kier molecular flexibility index (Phi) is 6.81. The lowest BCUT2D eigenvalue weighted by molar-refractivity contribution is 0.300. The lowest BCUT2D eigenvalue weighted by Gasteiger charge is -2.21. The number of fused-ring (bicyclic) bond motifs is 1. The van der Waals surface area contributed by atoms with E-state index in [-0.39, 0.29) is 12.2 Å². The minimum Gasteiger partial charge on any atom is -0.487 e. The lowest BCUT2D eigenvalue weighted by atomic mass is 9.93. The number of likely N-dealkylation sites (tertiary alicyclic amines) is 1. The molecule has 0 radical (unpaired) electrons. The number of hydrogen-bond donors (Lipinski definition) is 1. The molecule has 1 aliphatic heterocycles. The second-order valence-electron chi connectivity index (χ2n) is 9.12. The molecule has 6 nitrogen and oxygen atoms in total. The van der Waals surface area contributed by atoms with Gasteiger partial charge in [0, 0.05) is 37.2 Å². The van der Waals surface area contributed by atoms with Gasteiger partial charge in [0.2, 0.25) is 0 Å². The van der Waals surface area contributed by atoms with Crippen molar-refractivity contribution in [3.8, 4) is 5.75 Å². The maximum Gasteiger partial charge on any atom is 0.258 e. The van der Waals surface area contributed by atoms with Gasteiger partial charge in [0.1, 0.15) is 12.4 Å². The third kappa shape index (κ3) is 5.25. The number of aromatic nitrogens is 2. The topological polar surface area (TPSA) is 73.4 Å². The summed E-state index contributed by atoms with van der Waals surface area (Å²) in [5.41, 5.74) is 11.4. The minimum absolute atomic E-state index is 0.101. The van der Waals surface area contributed by atoms with Crippen molar-refractivity contribution in [3.05, 3.63) is 92.6 Å². The van der Waals surface area contributed by atoms with E-state index in [4.69, 9.17) is 22.1 Å². The highest BCUT2D eigenvalue weighted by Gasteiger charge is 2.21. The first-order valence-corrected chi connectivity index (χ1v) is 12.2. The molecule has 176 valence electrons. The Morgan fingerprint density at radius 3 is 2.82 bits per heavy atom. The zero-order valence-electron chi connectivity index (χ0n) is 19.1. The quantitative estimate of drug-likeness (QED) is 0.553. The first-order valence-electron chi connectivity index (χ1n) is 11.8. The predicted octanol–water partition coefficient (Wildman–Crippen LogP) is 4.20. The van der Waals surface area contributed by atoms with E-state index in [0.717, 1.165) is 50.4 Å². The number of rotatable bonds is 7. The third-order valence-electron chi connectivity index (χ3n) is 6.67. The van der Waals surface area contributed by atoms with Gasteiger partial charge in [-0.25, -0.2) is 0 Å². The van der Waals surface area contributed by atoms with Crippen LogP contribution in [0.1, 0.15) is 35.2 Å². The Hall–Kier alpha value is -2.93. The van der Waals surface area contributed by atoms with Crippen molar-refractivity contribution in [2.75, 3.05) is 19.6 Å². The summed E-state index contributed by atoms with van der Waals surface area (Å²) in [7, 11) is 0. The second-order valence-corrected chi connectivity index (χ2v) is 9.56. The Balaban J connectivity index is 1.26. The molecule has 7 heteroatoms. The fraction of sp³-hybridized carbons (Fsp3) is 0.333. The van der Waals surface area contributed by atoms with Crippen molar-refractivity contribution in [2.45, 2.75) is 32.4 Å². The van der Waals surface area contributed by atoms with E-state index < -0.39 is 0 Å². The van der Waals surface area contributed by atoms with Crippen LogP contribution < -0.4 is 16.0 Å². The zero-order chi connectivity index (χ0) is 23.5. The van der Waals surface area contributed by atoms with Crippen molar-refractivity contribution in [3.63, 3.8) is 0 Å². The number of pyridine rings is 2. The Morgan fingerprint density at radius 1 is 1.15 bits per heavy atom. The molecule has 1 fully saturated rings. The monoisotopic (exact) mass is 476 g/mol. The SMILES string of the molecule is NC[C@@H]1CCN(Cc2ccc3c(c2)CCC(n2ccc(OCc4ccc(Cl)cn4)cc2=O)=C3)C1. The van der Waals surface area contributed by atoms with E-state index in [0.29, 0.717) is 16.7 Å². The molecule has 2 N–H and O–H groups in total. The first kappa shape index (κ1) is 22.8. The molecule has 2 aliphatic rings. The molecule has 2 aromatic heterocycles. The Morgan fingerprint density at radius 2 is 2.06 bits per heavy atom. The molecule has 0 spiro atoms. The molecule has 0 amide bonds. The van der Waals surface area contributed by atoms with Gasteiger partial charge in [0.15, 0.2) is 0 Å². The summed E-state index contributed by atoms with van der Waals surface area (Å²) >= 11 is 5.87. The van der Waals surface area contributed by atoms with Crippen LogP contribution in [-0.2, 0) is 19.6 Å². The number of nitrogens with zero attached hydrogens (tertiary/aromatic N) is 3. The van der Waals surface area contributed by atoms with E-state index >= 15 is 0 Å². The minimum atomic E-state index is -0.101. The van der Waals surface area contributed by atoms with E-state index in [2.05, 4.69) is 34.2 Å². The first-order chi connectivity index (χ1) is 16.6. The number of nitrogens with two attached hydrogens (primary N) is 1. The summed E-state index contributed by atoms with van der Waals surface area (Å²) in [6, 6.07) is 13.6. The number of benzene rings is 1. The molecule has 34 heavy (non-hydrogen) atoms. The van der Waals surface area contributed by atoms with Crippen LogP contribution >= 0.6 is 11.6 Å². The predicted molar refractivity (Wildman–Crippen MR) is 136 cm³/mol. The van der Waals surface area contributed by atoms with E-state index in [1.165, 1.54) is 29.2 Å². The van der Waals surface area contributed by atoms with Crippen LogP contribution in [0.5, 0.6) is 5.75 Å². The van der Waals surface area contributed by atoms with Crippen LogP contribution in [0.3, 0.4) is 0 Å². The third-order valence-corrected chi connectivity index (χ3v) is 6.89. The van der Waals surface area contributed by atoms with Gasteiger partial charge in [-0.2, -0.15) is 0 Å². The molecule has 0 bridgehead atoms. The molecule has 1 aromatic carbocycles. The molecule has 3 aromatic rings. The van der Waals surface area contributed by atoms with Gasteiger partial charge >= 0.3 is 0 Å². The van der Waals surface area contributed by atoms with Crippen molar-refractivity contribution in [1.82, 2.24) is 14.5 Å².